The number of hydrogen-bond acceptors (Lipinski definition) is 3. The molecule has 2 rings (SSSR count). The lowest BCUT2D eigenvalue weighted by molar-refractivity contribution is 0.398. The summed E-state index contributed by atoms with van der Waals surface area (Å²) in [5.74, 6) is 0.128. The molecule has 1 aromatic carbocycles. The molecule has 1 heterocycles. The number of ether oxygens (including phenoxy) is 1. The van der Waals surface area contributed by atoms with Gasteiger partial charge in [-0.2, -0.15) is 0 Å². The van der Waals surface area contributed by atoms with E-state index in [1.54, 1.807) is 31.5 Å². The molecule has 0 aliphatic rings. The average molecular weight is 267 g/mol. The van der Waals surface area contributed by atoms with Gasteiger partial charge in [0.15, 0.2) is 0 Å². The summed E-state index contributed by atoms with van der Waals surface area (Å²) >= 11 is 5.71. The minimum Gasteiger partial charge on any atom is -0.481 e. The van der Waals surface area contributed by atoms with Crippen LogP contribution in [0.15, 0.2) is 36.5 Å². The van der Waals surface area contributed by atoms with Gasteiger partial charge in [0.05, 0.1) is 12.1 Å². The topological polar surface area (TPSA) is 34.1 Å². The summed E-state index contributed by atoms with van der Waals surface area (Å²) in [4.78, 5) is 4.01. The summed E-state index contributed by atoms with van der Waals surface area (Å²) in [5, 5.41) is 3.31. The Bertz CT molecular complexity index is 548. The first kappa shape index (κ1) is 12.6. The minimum absolute atomic E-state index is 0.126. The van der Waals surface area contributed by atoms with E-state index in [1.165, 1.54) is 6.07 Å². The Hall–Kier alpha value is -1.81. The molecule has 1 aromatic heterocycles. The summed E-state index contributed by atoms with van der Waals surface area (Å²) in [6.07, 6.45) is 1.65. The van der Waals surface area contributed by atoms with Gasteiger partial charge in [-0.3, -0.25) is 0 Å². The lowest BCUT2D eigenvalue weighted by Crippen LogP contribution is -2.00. The molecule has 0 aliphatic carbocycles. The van der Waals surface area contributed by atoms with Gasteiger partial charge in [-0.25, -0.2) is 9.37 Å². The van der Waals surface area contributed by atoms with Gasteiger partial charge in [0.2, 0.25) is 5.88 Å². The highest BCUT2D eigenvalue weighted by Gasteiger charge is 2.01. The van der Waals surface area contributed by atoms with E-state index >= 15 is 0 Å². The van der Waals surface area contributed by atoms with Crippen LogP contribution in [0.1, 0.15) is 5.56 Å². The van der Waals surface area contributed by atoms with Crippen LogP contribution in [-0.2, 0) is 6.54 Å². The van der Waals surface area contributed by atoms with Crippen LogP contribution >= 0.6 is 11.6 Å². The molecule has 0 spiro atoms. The number of anilines is 1. The second-order valence-corrected chi connectivity index (χ2v) is 4.10. The molecular formula is C13H12ClFN2O. The lowest BCUT2D eigenvalue weighted by Gasteiger charge is -2.08. The third-order valence-corrected chi connectivity index (χ3v) is 2.71. The Morgan fingerprint density at radius 3 is 2.89 bits per heavy atom. The highest BCUT2D eigenvalue weighted by atomic mass is 35.5. The average Bonchev–Trinajstić information content (AvgIpc) is 2.40. The number of halogens is 2. The molecule has 0 saturated heterocycles. The van der Waals surface area contributed by atoms with E-state index in [0.717, 1.165) is 11.3 Å². The quantitative estimate of drug-likeness (QED) is 0.920. The fourth-order valence-electron chi connectivity index (χ4n) is 1.48. The summed E-state index contributed by atoms with van der Waals surface area (Å²) in [5.41, 5.74) is 1.78. The molecule has 0 unspecified atom stereocenters. The minimum atomic E-state index is -0.411. The Balaban J connectivity index is 2.04. The molecular weight excluding hydrogens is 255 g/mol. The third kappa shape index (κ3) is 3.11. The van der Waals surface area contributed by atoms with Crippen LogP contribution in [0.2, 0.25) is 5.02 Å². The number of pyridine rings is 1. The van der Waals surface area contributed by atoms with Crippen LogP contribution in [0, 0.1) is 5.82 Å². The van der Waals surface area contributed by atoms with Gasteiger partial charge in [0, 0.05) is 24.5 Å². The number of nitrogens with zero attached hydrogens (tertiary/aromatic N) is 1. The van der Waals surface area contributed by atoms with Crippen LogP contribution in [0.3, 0.4) is 0 Å². The predicted octanol–water partition coefficient (Wildman–Crippen LogP) is 3.49. The molecule has 1 N–H and O–H groups in total. The van der Waals surface area contributed by atoms with Gasteiger partial charge in [-0.1, -0.05) is 17.7 Å². The zero-order valence-corrected chi connectivity index (χ0v) is 10.5. The van der Waals surface area contributed by atoms with Gasteiger partial charge < -0.3 is 10.1 Å². The Morgan fingerprint density at radius 2 is 2.17 bits per heavy atom. The number of benzene rings is 1. The van der Waals surface area contributed by atoms with Crippen molar-refractivity contribution in [2.45, 2.75) is 6.54 Å². The fraction of sp³-hybridized carbons (Fsp3) is 0.154. The molecule has 18 heavy (non-hydrogen) atoms. The van der Waals surface area contributed by atoms with Crippen LogP contribution in [0.5, 0.6) is 5.88 Å². The molecule has 0 saturated carbocycles. The van der Waals surface area contributed by atoms with Crippen molar-refractivity contribution in [1.82, 2.24) is 4.98 Å². The predicted molar refractivity (Wildman–Crippen MR) is 69.5 cm³/mol. The number of hydrogen-bond donors (Lipinski definition) is 1. The van der Waals surface area contributed by atoms with Crippen molar-refractivity contribution in [1.29, 1.82) is 0 Å². The SMILES string of the molecule is COc1cc(NCc2ccc(F)c(Cl)c2)ccn1. The number of rotatable bonds is 4. The molecule has 5 heteroatoms. The monoisotopic (exact) mass is 266 g/mol. The van der Waals surface area contributed by atoms with Gasteiger partial charge >= 0.3 is 0 Å². The van der Waals surface area contributed by atoms with Crippen molar-refractivity contribution in [3.05, 3.63) is 52.9 Å². The van der Waals surface area contributed by atoms with Crippen molar-refractivity contribution in [2.75, 3.05) is 12.4 Å². The lowest BCUT2D eigenvalue weighted by atomic mass is 10.2. The number of methoxy groups -OCH3 is 1. The first-order valence-electron chi connectivity index (χ1n) is 5.37. The standard InChI is InChI=1S/C13H12ClFN2O/c1-18-13-7-10(4-5-16-13)17-8-9-2-3-12(15)11(14)6-9/h2-7H,8H2,1H3,(H,16,17). The van der Waals surface area contributed by atoms with Gasteiger partial charge in [0.25, 0.3) is 0 Å². The number of nitrogens with one attached hydrogen (secondary N) is 1. The van der Waals surface area contributed by atoms with E-state index in [4.69, 9.17) is 16.3 Å². The molecule has 2 aromatic rings. The Morgan fingerprint density at radius 1 is 1.33 bits per heavy atom. The molecule has 0 fully saturated rings. The molecule has 0 bridgehead atoms. The zero-order chi connectivity index (χ0) is 13.0. The van der Waals surface area contributed by atoms with Gasteiger partial charge in [-0.15, -0.1) is 0 Å². The van der Waals surface area contributed by atoms with Crippen LogP contribution < -0.4 is 10.1 Å². The number of aromatic nitrogens is 1. The van der Waals surface area contributed by atoms with Crippen LogP contribution in [0.4, 0.5) is 10.1 Å². The normalized spacial score (nSPS) is 10.2. The second kappa shape index (κ2) is 5.69. The smallest absolute Gasteiger partial charge is 0.214 e. The maximum Gasteiger partial charge on any atom is 0.214 e. The molecule has 94 valence electrons. The summed E-state index contributed by atoms with van der Waals surface area (Å²) in [7, 11) is 1.56. The summed E-state index contributed by atoms with van der Waals surface area (Å²) in [6.45, 7) is 0.549. The largest absolute Gasteiger partial charge is 0.481 e. The summed E-state index contributed by atoms with van der Waals surface area (Å²) in [6, 6.07) is 8.25. The molecule has 0 radical (unpaired) electrons. The van der Waals surface area contributed by atoms with Crippen molar-refractivity contribution in [2.24, 2.45) is 0 Å². The van der Waals surface area contributed by atoms with Crippen LogP contribution in [0.25, 0.3) is 0 Å². The van der Waals surface area contributed by atoms with Gasteiger partial charge in [-0.05, 0) is 23.8 Å². The van der Waals surface area contributed by atoms with Crippen molar-refractivity contribution < 1.29 is 9.13 Å². The van der Waals surface area contributed by atoms with E-state index in [2.05, 4.69) is 10.3 Å². The Labute approximate surface area is 110 Å². The summed E-state index contributed by atoms with van der Waals surface area (Å²) < 4.78 is 18.0. The Kier molecular flexibility index (Phi) is 3.99. The maximum atomic E-state index is 13.0. The van der Waals surface area contributed by atoms with E-state index in [1.807, 2.05) is 6.07 Å². The molecule has 0 aliphatic heterocycles. The fourth-order valence-corrected chi connectivity index (χ4v) is 1.69. The highest BCUT2D eigenvalue weighted by Crippen LogP contribution is 2.18. The first-order chi connectivity index (χ1) is 8.69. The zero-order valence-electron chi connectivity index (χ0n) is 9.78. The van der Waals surface area contributed by atoms with E-state index < -0.39 is 5.82 Å². The van der Waals surface area contributed by atoms with E-state index in [9.17, 15) is 4.39 Å². The van der Waals surface area contributed by atoms with Gasteiger partial charge in [0.1, 0.15) is 5.82 Å². The second-order valence-electron chi connectivity index (χ2n) is 3.69. The maximum absolute atomic E-state index is 13.0. The highest BCUT2D eigenvalue weighted by molar-refractivity contribution is 6.30. The van der Waals surface area contributed by atoms with E-state index in [-0.39, 0.29) is 5.02 Å². The van der Waals surface area contributed by atoms with Crippen molar-refractivity contribution in [3.8, 4) is 5.88 Å². The molecule has 0 atom stereocenters. The van der Waals surface area contributed by atoms with Crippen molar-refractivity contribution >= 4 is 17.3 Å². The molecule has 3 nitrogen and oxygen atoms in total. The van der Waals surface area contributed by atoms with Crippen molar-refractivity contribution in [3.63, 3.8) is 0 Å². The third-order valence-electron chi connectivity index (χ3n) is 2.42. The van der Waals surface area contributed by atoms with Crippen LogP contribution in [-0.4, -0.2) is 12.1 Å². The van der Waals surface area contributed by atoms with E-state index in [0.29, 0.717) is 12.4 Å². The molecule has 0 amide bonds. The first-order valence-corrected chi connectivity index (χ1v) is 5.74.